The van der Waals surface area contributed by atoms with Gasteiger partial charge in [-0.05, 0) is 188 Å². The van der Waals surface area contributed by atoms with Crippen molar-refractivity contribution in [3.05, 3.63) is 178 Å². The van der Waals surface area contributed by atoms with Crippen LogP contribution in [0.3, 0.4) is 0 Å². The van der Waals surface area contributed by atoms with Gasteiger partial charge in [0, 0.05) is 32.0 Å². The number of hydrogen-bond acceptors (Lipinski definition) is 4. The maximum absolute atomic E-state index is 6.72. The fourth-order valence-corrected chi connectivity index (χ4v) is 15.1. The lowest BCUT2D eigenvalue weighted by Crippen LogP contribution is -2.37. The molecule has 4 nitrogen and oxygen atoms in total. The summed E-state index contributed by atoms with van der Waals surface area (Å²) in [6.45, 7) is 27.7. The molecule has 6 heteroatoms. The number of unbranched alkanes of at least 4 members (excludes halogenated alkanes) is 4. The Kier molecular flexibility index (Phi) is 21.2. The van der Waals surface area contributed by atoms with Gasteiger partial charge in [0.05, 0.1) is 24.4 Å². The molecule has 70 heavy (non-hydrogen) atoms. The van der Waals surface area contributed by atoms with Crippen LogP contribution in [0.2, 0.25) is 0 Å². The molecule has 6 aromatic carbocycles. The summed E-state index contributed by atoms with van der Waals surface area (Å²) in [7, 11) is -1.09. The highest BCUT2D eigenvalue weighted by Gasteiger charge is 2.30. The van der Waals surface area contributed by atoms with Crippen LogP contribution in [-0.2, 0) is 28.2 Å². The molecule has 0 N–H and O–H groups in total. The average molecular weight is 979 g/mol. The quantitative estimate of drug-likeness (QED) is 0.0363. The van der Waals surface area contributed by atoms with Crippen molar-refractivity contribution in [3.8, 4) is 11.5 Å². The highest BCUT2D eigenvalue weighted by Crippen LogP contribution is 2.44. The van der Waals surface area contributed by atoms with Crippen LogP contribution in [0.15, 0.2) is 133 Å². The van der Waals surface area contributed by atoms with E-state index in [2.05, 4.69) is 210 Å². The van der Waals surface area contributed by atoms with Gasteiger partial charge in [-0.15, -0.1) is 0 Å². The van der Waals surface area contributed by atoms with Crippen LogP contribution in [-0.4, -0.2) is 37.6 Å². The van der Waals surface area contributed by atoms with Crippen molar-refractivity contribution in [3.63, 3.8) is 0 Å². The summed E-state index contributed by atoms with van der Waals surface area (Å²) in [4.78, 5) is 0. The predicted octanol–water partition coefficient (Wildman–Crippen LogP) is 15.7. The zero-order valence-electron chi connectivity index (χ0n) is 44.7. The van der Waals surface area contributed by atoms with Gasteiger partial charge in [-0.3, -0.25) is 0 Å². The van der Waals surface area contributed by atoms with Gasteiger partial charge in [-0.1, -0.05) is 154 Å². The third kappa shape index (κ3) is 15.8. The number of aryl methyl sites for hydroxylation is 3. The second-order valence-electron chi connectivity index (χ2n) is 20.7. The molecule has 0 fully saturated rings. The molecule has 0 spiro atoms. The molecule has 0 amide bonds. The van der Waals surface area contributed by atoms with E-state index in [1.54, 1.807) is 0 Å². The van der Waals surface area contributed by atoms with Crippen molar-refractivity contribution in [2.75, 3.05) is 26.4 Å². The van der Waals surface area contributed by atoms with Gasteiger partial charge in [0.25, 0.3) is 0 Å². The lowest BCUT2D eigenvalue weighted by molar-refractivity contribution is -0.102. The van der Waals surface area contributed by atoms with E-state index in [1.807, 2.05) is 0 Å². The second-order valence-corrected chi connectivity index (χ2v) is 25.1. The molecule has 0 bridgehead atoms. The van der Waals surface area contributed by atoms with Crippen LogP contribution in [0.25, 0.3) is 0 Å². The van der Waals surface area contributed by atoms with Gasteiger partial charge >= 0.3 is 0 Å². The zero-order chi connectivity index (χ0) is 50.1. The van der Waals surface area contributed by atoms with Crippen LogP contribution in [0, 0.1) is 27.7 Å². The summed E-state index contributed by atoms with van der Waals surface area (Å²) < 4.78 is 26.4. The van der Waals surface area contributed by atoms with Gasteiger partial charge in [-0.25, -0.2) is 0 Å². The van der Waals surface area contributed by atoms with E-state index in [0.29, 0.717) is 12.5 Å². The Morgan fingerprint density at radius 2 is 0.814 bits per heavy atom. The molecule has 0 saturated heterocycles. The van der Waals surface area contributed by atoms with E-state index in [-0.39, 0.29) is 11.2 Å². The van der Waals surface area contributed by atoms with E-state index in [1.165, 1.54) is 65.7 Å². The molecule has 6 aromatic rings. The Morgan fingerprint density at radius 3 is 1.20 bits per heavy atom. The van der Waals surface area contributed by atoms with Crippen LogP contribution >= 0.6 is 15.8 Å². The van der Waals surface area contributed by atoms with E-state index in [4.69, 9.17) is 18.9 Å². The molecule has 0 aliphatic heterocycles. The Bertz CT molecular complexity index is 2410. The summed E-state index contributed by atoms with van der Waals surface area (Å²) >= 11 is 0. The molecular weight excluding hydrogens is 895 g/mol. The molecule has 0 aliphatic carbocycles. The van der Waals surface area contributed by atoms with Crippen LogP contribution in [0.5, 0.6) is 11.5 Å². The monoisotopic (exact) mass is 979 g/mol. The molecular formula is C64H84O4P2. The normalized spacial score (nSPS) is 12.1. The third-order valence-corrected chi connectivity index (χ3v) is 18.6. The zero-order valence-corrected chi connectivity index (χ0v) is 46.5. The first-order chi connectivity index (χ1) is 33.7. The molecule has 0 heterocycles. The predicted molar refractivity (Wildman–Crippen MR) is 304 cm³/mol. The van der Waals surface area contributed by atoms with Gasteiger partial charge < -0.3 is 18.9 Å². The lowest BCUT2D eigenvalue weighted by atomic mass is 9.92. The highest BCUT2D eigenvalue weighted by molar-refractivity contribution is 7.72. The molecule has 0 saturated carbocycles. The van der Waals surface area contributed by atoms with Crippen molar-refractivity contribution >= 4 is 37.1 Å². The number of rotatable bonds is 28. The molecule has 0 radical (unpaired) electrons. The maximum atomic E-state index is 6.72. The fraction of sp³-hybridized carbons (Fsp3) is 0.438. The first kappa shape index (κ1) is 55.0. The number of ether oxygens (including phenoxy) is 4. The van der Waals surface area contributed by atoms with E-state index < -0.39 is 15.8 Å². The Labute approximate surface area is 426 Å². The number of hydrogen-bond donors (Lipinski definition) is 0. The first-order valence-corrected chi connectivity index (χ1v) is 29.3. The standard InChI is InChI=1S/C64H84O4P2/c1-12-53-43-49(4)59(45-69(54-31-19-13-20-32-54)55-33-21-14-22-34-55)51(6)61(53)65-39-27-17-29-41-67-63(8,9)47-64(10,11)68-42-30-18-28-40-66-62-52(7)60(50(5)44-58(62)48(2)3)46-70(56-35-23-15-24-36-56)57-37-25-16-26-38-57/h13-16,19-26,31-38,43-44,48H,12,17-18,27-30,39-42,45-47H2,1-11H3. The smallest absolute Gasteiger partial charge is 0.125 e. The third-order valence-electron chi connectivity index (χ3n) is 13.7. The van der Waals surface area contributed by atoms with Crippen molar-refractivity contribution in [1.82, 2.24) is 0 Å². The minimum absolute atomic E-state index is 0.277. The number of benzene rings is 6. The van der Waals surface area contributed by atoms with E-state index >= 15 is 0 Å². The van der Waals surface area contributed by atoms with Gasteiger partial charge in [0.1, 0.15) is 11.5 Å². The minimum atomic E-state index is -0.549. The summed E-state index contributed by atoms with van der Waals surface area (Å²) in [6, 6.07) is 48.9. The molecule has 0 atom stereocenters. The topological polar surface area (TPSA) is 36.9 Å². The minimum Gasteiger partial charge on any atom is -0.493 e. The largest absolute Gasteiger partial charge is 0.493 e. The van der Waals surface area contributed by atoms with Crippen molar-refractivity contribution in [2.45, 2.75) is 157 Å². The summed E-state index contributed by atoms with van der Waals surface area (Å²) in [6.07, 6.45) is 9.97. The van der Waals surface area contributed by atoms with Crippen LogP contribution < -0.4 is 30.7 Å². The van der Waals surface area contributed by atoms with Crippen LogP contribution in [0.1, 0.15) is 144 Å². The molecule has 0 unspecified atom stereocenters. The van der Waals surface area contributed by atoms with Crippen molar-refractivity contribution in [2.24, 2.45) is 0 Å². The Balaban J connectivity index is 0.917. The molecule has 0 aromatic heterocycles. The van der Waals surface area contributed by atoms with Gasteiger partial charge in [0.2, 0.25) is 0 Å². The lowest BCUT2D eigenvalue weighted by Gasteiger charge is -2.35. The summed E-state index contributed by atoms with van der Waals surface area (Å²) in [5.74, 6) is 2.56. The average Bonchev–Trinajstić information content (AvgIpc) is 3.35. The van der Waals surface area contributed by atoms with Crippen LogP contribution in [0.4, 0.5) is 0 Å². The molecule has 374 valence electrons. The van der Waals surface area contributed by atoms with Gasteiger partial charge in [-0.2, -0.15) is 0 Å². The summed E-state index contributed by atoms with van der Waals surface area (Å²) in [5, 5.41) is 5.65. The second kappa shape index (κ2) is 26.9. The SMILES string of the molecule is CCc1cc(C)c(CP(c2ccccc2)c2ccccc2)c(C)c1OCCCCCOC(C)(C)CC(C)(C)OCCCCCOc1c(C(C)C)cc(C)c(CP(c2ccccc2)c2ccccc2)c1C. The Hall–Kier alpha value is -4.30. The maximum Gasteiger partial charge on any atom is 0.125 e. The molecule has 6 rings (SSSR count). The van der Waals surface area contributed by atoms with Gasteiger partial charge in [0.15, 0.2) is 0 Å². The summed E-state index contributed by atoms with van der Waals surface area (Å²) in [5.41, 5.74) is 10.2. The van der Waals surface area contributed by atoms with Crippen molar-refractivity contribution in [1.29, 1.82) is 0 Å². The first-order valence-electron chi connectivity index (χ1n) is 26.2. The Morgan fingerprint density at radius 1 is 0.457 bits per heavy atom. The highest BCUT2D eigenvalue weighted by atomic mass is 31.1. The molecule has 0 aliphatic rings. The fourth-order valence-electron chi connectivity index (χ4n) is 10.0. The van der Waals surface area contributed by atoms with E-state index in [9.17, 15) is 0 Å². The van der Waals surface area contributed by atoms with Crippen molar-refractivity contribution < 1.29 is 18.9 Å². The van der Waals surface area contributed by atoms with E-state index in [0.717, 1.165) is 95.0 Å².